The summed E-state index contributed by atoms with van der Waals surface area (Å²) in [6.45, 7) is 1.80. The first-order valence-electron chi connectivity index (χ1n) is 5.18. The second kappa shape index (κ2) is 4.42. The Kier molecular flexibility index (Phi) is 3.05. The summed E-state index contributed by atoms with van der Waals surface area (Å²) < 4.78 is 42.0. The number of aromatic carboxylic acids is 1. The van der Waals surface area contributed by atoms with Gasteiger partial charge in [-0.2, -0.15) is 13.2 Å². The molecule has 1 N–H and O–H groups in total. The molecule has 4 nitrogen and oxygen atoms in total. The zero-order valence-electron chi connectivity index (χ0n) is 9.65. The van der Waals surface area contributed by atoms with Gasteiger partial charge in [-0.15, -0.1) is 0 Å². The highest BCUT2D eigenvalue weighted by Gasteiger charge is 2.42. The fourth-order valence-electron chi connectivity index (χ4n) is 1.59. The molecule has 1 aromatic heterocycles. The summed E-state index contributed by atoms with van der Waals surface area (Å²) in [7, 11) is 0. The normalized spacial score (nSPS) is 11.6. The van der Waals surface area contributed by atoms with Gasteiger partial charge in [-0.05, 0) is 6.92 Å². The van der Waals surface area contributed by atoms with E-state index in [4.69, 9.17) is 5.11 Å². The molecule has 7 heteroatoms. The van der Waals surface area contributed by atoms with Crippen LogP contribution in [0, 0.1) is 6.92 Å². The second-order valence-corrected chi connectivity index (χ2v) is 3.90. The Hall–Kier alpha value is -2.31. The van der Waals surface area contributed by atoms with Gasteiger partial charge < -0.3 is 9.63 Å². The van der Waals surface area contributed by atoms with Crippen molar-refractivity contribution in [3.8, 4) is 11.3 Å². The molecule has 19 heavy (non-hydrogen) atoms. The molecule has 0 aliphatic carbocycles. The summed E-state index contributed by atoms with van der Waals surface area (Å²) in [5.41, 5.74) is -0.168. The topological polar surface area (TPSA) is 63.3 Å². The SMILES string of the molecule is Cc1ccc(-c2noc(C(F)(F)F)c2C(=O)O)cc1. The molecule has 0 radical (unpaired) electrons. The van der Waals surface area contributed by atoms with E-state index in [2.05, 4.69) is 9.68 Å². The number of hydrogen-bond donors (Lipinski definition) is 1. The first-order valence-corrected chi connectivity index (χ1v) is 5.18. The highest BCUT2D eigenvalue weighted by Crippen LogP contribution is 2.36. The van der Waals surface area contributed by atoms with Gasteiger partial charge in [0, 0.05) is 5.56 Å². The first kappa shape index (κ1) is 13.1. The van der Waals surface area contributed by atoms with E-state index in [9.17, 15) is 18.0 Å². The average molecular weight is 271 g/mol. The van der Waals surface area contributed by atoms with Crippen molar-refractivity contribution in [2.75, 3.05) is 0 Å². The van der Waals surface area contributed by atoms with Crippen molar-refractivity contribution in [2.45, 2.75) is 13.1 Å². The number of aryl methyl sites for hydroxylation is 1. The molecular formula is C12H8F3NO3. The number of rotatable bonds is 2. The van der Waals surface area contributed by atoms with Crippen molar-refractivity contribution in [3.63, 3.8) is 0 Å². The minimum Gasteiger partial charge on any atom is -0.477 e. The van der Waals surface area contributed by atoms with E-state index in [-0.39, 0.29) is 11.3 Å². The quantitative estimate of drug-likeness (QED) is 0.909. The summed E-state index contributed by atoms with van der Waals surface area (Å²) in [6.07, 6.45) is -4.90. The Morgan fingerprint density at radius 1 is 1.26 bits per heavy atom. The van der Waals surface area contributed by atoms with Crippen LogP contribution in [0.5, 0.6) is 0 Å². The Balaban J connectivity index is 2.62. The lowest BCUT2D eigenvalue weighted by Gasteiger charge is -2.03. The average Bonchev–Trinajstić information content (AvgIpc) is 2.74. The third-order valence-corrected chi connectivity index (χ3v) is 2.49. The molecule has 0 saturated heterocycles. The predicted octanol–water partition coefficient (Wildman–Crippen LogP) is 3.37. The maximum Gasteiger partial charge on any atom is 0.453 e. The number of hydrogen-bond acceptors (Lipinski definition) is 3. The lowest BCUT2D eigenvalue weighted by molar-refractivity contribution is -0.156. The van der Waals surface area contributed by atoms with Crippen LogP contribution in [0.25, 0.3) is 11.3 Å². The molecule has 0 saturated carbocycles. The number of nitrogens with zero attached hydrogens (tertiary/aromatic N) is 1. The summed E-state index contributed by atoms with van der Waals surface area (Å²) in [4.78, 5) is 11.0. The first-order chi connectivity index (χ1) is 8.80. The van der Waals surface area contributed by atoms with Crippen LogP contribution in [0.3, 0.4) is 0 Å². The van der Waals surface area contributed by atoms with Gasteiger partial charge in [0.1, 0.15) is 11.3 Å². The molecule has 0 spiro atoms. The van der Waals surface area contributed by atoms with Gasteiger partial charge in [-0.3, -0.25) is 0 Å². The van der Waals surface area contributed by atoms with E-state index in [0.717, 1.165) is 5.56 Å². The number of aromatic nitrogens is 1. The van der Waals surface area contributed by atoms with E-state index >= 15 is 0 Å². The molecule has 0 unspecified atom stereocenters. The van der Waals surface area contributed by atoms with Crippen LogP contribution in [0.1, 0.15) is 21.7 Å². The summed E-state index contributed by atoms with van der Waals surface area (Å²) in [5, 5.41) is 12.1. The van der Waals surface area contributed by atoms with Crippen molar-refractivity contribution in [1.29, 1.82) is 0 Å². The molecule has 0 fully saturated rings. The Labute approximate surface area is 105 Å². The molecule has 0 atom stereocenters. The van der Waals surface area contributed by atoms with E-state index in [1.54, 1.807) is 19.1 Å². The van der Waals surface area contributed by atoms with Crippen LogP contribution < -0.4 is 0 Å². The smallest absolute Gasteiger partial charge is 0.453 e. The second-order valence-electron chi connectivity index (χ2n) is 3.90. The van der Waals surface area contributed by atoms with Gasteiger partial charge in [0.2, 0.25) is 0 Å². The molecule has 0 aliphatic heterocycles. The molecule has 0 aliphatic rings. The van der Waals surface area contributed by atoms with Gasteiger partial charge in [0.15, 0.2) is 0 Å². The summed E-state index contributed by atoms with van der Waals surface area (Å²) in [5.74, 6) is -3.33. The lowest BCUT2D eigenvalue weighted by atomic mass is 10.0. The monoisotopic (exact) mass is 271 g/mol. The van der Waals surface area contributed by atoms with Crippen molar-refractivity contribution < 1.29 is 27.6 Å². The molecule has 2 rings (SSSR count). The van der Waals surface area contributed by atoms with Gasteiger partial charge in [0.05, 0.1) is 0 Å². The van der Waals surface area contributed by atoms with E-state index in [0.29, 0.717) is 0 Å². The highest BCUT2D eigenvalue weighted by molar-refractivity contribution is 5.96. The molecule has 2 aromatic rings. The van der Waals surface area contributed by atoms with Crippen LogP contribution in [-0.2, 0) is 6.18 Å². The Morgan fingerprint density at radius 3 is 2.32 bits per heavy atom. The highest BCUT2D eigenvalue weighted by atomic mass is 19.4. The van der Waals surface area contributed by atoms with Crippen molar-refractivity contribution in [1.82, 2.24) is 5.16 Å². The minimum absolute atomic E-state index is 0.252. The maximum atomic E-state index is 12.6. The Bertz CT molecular complexity index is 614. The van der Waals surface area contributed by atoms with E-state index in [1.165, 1.54) is 12.1 Å². The van der Waals surface area contributed by atoms with E-state index in [1.807, 2.05) is 0 Å². The summed E-state index contributed by atoms with van der Waals surface area (Å²) >= 11 is 0. The molecule has 0 bridgehead atoms. The molecule has 100 valence electrons. The van der Waals surface area contributed by atoms with Crippen LogP contribution in [-0.4, -0.2) is 16.2 Å². The largest absolute Gasteiger partial charge is 0.477 e. The number of halogens is 3. The van der Waals surface area contributed by atoms with Crippen LogP contribution >= 0.6 is 0 Å². The standard InChI is InChI=1S/C12H8F3NO3/c1-6-2-4-7(5-3-6)9-8(11(17)18)10(19-16-9)12(13,14)15/h2-5H,1H3,(H,17,18). The van der Waals surface area contributed by atoms with Gasteiger partial charge in [-0.25, -0.2) is 4.79 Å². The molecule has 0 amide bonds. The number of alkyl halides is 3. The number of benzene rings is 1. The minimum atomic E-state index is -4.90. The summed E-state index contributed by atoms with van der Waals surface area (Å²) in [6, 6.07) is 6.26. The van der Waals surface area contributed by atoms with Crippen molar-refractivity contribution in [3.05, 3.63) is 41.2 Å². The van der Waals surface area contributed by atoms with Crippen LogP contribution in [0.2, 0.25) is 0 Å². The number of carboxylic acid groups (broad SMARTS) is 1. The number of carboxylic acids is 1. The fourth-order valence-corrected chi connectivity index (χ4v) is 1.59. The van der Waals surface area contributed by atoms with Crippen LogP contribution in [0.4, 0.5) is 13.2 Å². The molecule has 1 aromatic carbocycles. The number of carbonyl (C=O) groups is 1. The maximum absolute atomic E-state index is 12.6. The van der Waals surface area contributed by atoms with Gasteiger partial charge >= 0.3 is 12.1 Å². The Morgan fingerprint density at radius 2 is 1.84 bits per heavy atom. The zero-order chi connectivity index (χ0) is 14.2. The zero-order valence-corrected chi connectivity index (χ0v) is 9.65. The van der Waals surface area contributed by atoms with Crippen molar-refractivity contribution in [2.24, 2.45) is 0 Å². The van der Waals surface area contributed by atoms with Gasteiger partial charge in [0.25, 0.3) is 5.76 Å². The fraction of sp³-hybridized carbons (Fsp3) is 0.167. The van der Waals surface area contributed by atoms with E-state index < -0.39 is 23.5 Å². The predicted molar refractivity (Wildman–Crippen MR) is 58.6 cm³/mol. The molecular weight excluding hydrogens is 263 g/mol. The van der Waals surface area contributed by atoms with Crippen molar-refractivity contribution >= 4 is 5.97 Å². The molecule has 1 heterocycles. The van der Waals surface area contributed by atoms with Gasteiger partial charge in [-0.1, -0.05) is 35.0 Å². The third-order valence-electron chi connectivity index (χ3n) is 2.49. The van der Waals surface area contributed by atoms with Crippen LogP contribution in [0.15, 0.2) is 28.8 Å². The third kappa shape index (κ3) is 2.44. The lowest BCUT2D eigenvalue weighted by Crippen LogP contribution is -2.10.